The van der Waals surface area contributed by atoms with Crippen LogP contribution in [0.25, 0.3) is 0 Å². The molecule has 0 radical (unpaired) electrons. The number of benzene rings is 1. The van der Waals surface area contributed by atoms with Crippen LogP contribution in [0.2, 0.25) is 0 Å². The smallest absolute Gasteiger partial charge is 0.253 e. The van der Waals surface area contributed by atoms with Crippen molar-refractivity contribution in [3.63, 3.8) is 0 Å². The molecule has 0 fully saturated rings. The second kappa shape index (κ2) is 5.60. The standard InChI is InChI=1S/C10H10Br3NO3S/c1-14(2)9(15)7-4-3-5-8(6-7)18(16,17)10(11,12)13/h3-6H,1-2H3. The van der Waals surface area contributed by atoms with Crippen LogP contribution in [0.1, 0.15) is 10.4 Å². The molecule has 0 N–H and O–H groups in total. The Morgan fingerprint density at radius 1 is 1.22 bits per heavy atom. The number of carbonyl (C=O) groups excluding carboxylic acids is 1. The molecule has 0 bridgehead atoms. The zero-order chi connectivity index (χ0) is 14.1. The summed E-state index contributed by atoms with van der Waals surface area (Å²) in [6, 6.07) is 5.87. The minimum Gasteiger partial charge on any atom is -0.345 e. The van der Waals surface area contributed by atoms with Gasteiger partial charge in [-0.15, -0.1) is 0 Å². The van der Waals surface area contributed by atoms with Crippen molar-refractivity contribution in [2.24, 2.45) is 0 Å². The van der Waals surface area contributed by atoms with Crippen LogP contribution < -0.4 is 0 Å². The average Bonchev–Trinajstić information content (AvgIpc) is 2.26. The molecule has 1 aromatic carbocycles. The van der Waals surface area contributed by atoms with Crippen LogP contribution in [0.15, 0.2) is 29.2 Å². The van der Waals surface area contributed by atoms with Crippen LogP contribution >= 0.6 is 47.8 Å². The average molecular weight is 464 g/mol. The summed E-state index contributed by atoms with van der Waals surface area (Å²) in [5.74, 6) is -0.253. The SMILES string of the molecule is CN(C)C(=O)c1cccc(S(=O)(=O)C(Br)(Br)Br)c1. The summed E-state index contributed by atoms with van der Waals surface area (Å²) in [6.45, 7) is 0. The summed E-state index contributed by atoms with van der Waals surface area (Å²) in [4.78, 5) is 13.2. The highest BCUT2D eigenvalue weighted by Gasteiger charge is 2.37. The number of halogens is 3. The summed E-state index contributed by atoms with van der Waals surface area (Å²) in [7, 11) is -0.470. The van der Waals surface area contributed by atoms with E-state index in [1.807, 2.05) is 0 Å². The highest BCUT2D eigenvalue weighted by atomic mass is 80.0. The molecule has 18 heavy (non-hydrogen) atoms. The second-order valence-electron chi connectivity index (χ2n) is 3.68. The molecule has 0 saturated carbocycles. The Labute approximate surface area is 131 Å². The van der Waals surface area contributed by atoms with Gasteiger partial charge in [-0.3, -0.25) is 4.79 Å². The van der Waals surface area contributed by atoms with Gasteiger partial charge in [0.25, 0.3) is 5.91 Å². The van der Waals surface area contributed by atoms with Crippen molar-refractivity contribution in [3.05, 3.63) is 29.8 Å². The van der Waals surface area contributed by atoms with Gasteiger partial charge in [-0.2, -0.15) is 0 Å². The molecule has 1 aromatic rings. The number of hydrogen-bond donors (Lipinski definition) is 0. The highest BCUT2D eigenvalue weighted by molar-refractivity contribution is 9.42. The summed E-state index contributed by atoms with van der Waals surface area (Å²) < 4.78 is 22.8. The first kappa shape index (κ1) is 16.1. The molecule has 0 saturated heterocycles. The summed E-state index contributed by atoms with van der Waals surface area (Å²) in [5.41, 5.74) is 0.317. The van der Waals surface area contributed by atoms with E-state index in [9.17, 15) is 13.2 Å². The molecule has 4 nitrogen and oxygen atoms in total. The molecule has 0 aliphatic rings. The zero-order valence-electron chi connectivity index (χ0n) is 9.52. The minimum absolute atomic E-state index is 0.0424. The van der Waals surface area contributed by atoms with E-state index < -0.39 is 11.3 Å². The second-order valence-corrected chi connectivity index (χ2v) is 14.1. The Morgan fingerprint density at radius 2 is 1.78 bits per heavy atom. The lowest BCUT2D eigenvalue weighted by atomic mass is 10.2. The fourth-order valence-electron chi connectivity index (χ4n) is 1.19. The molecule has 0 atom stereocenters. The van der Waals surface area contributed by atoms with Gasteiger partial charge in [0.05, 0.1) is 4.90 Å². The Kier molecular flexibility index (Phi) is 5.02. The van der Waals surface area contributed by atoms with Crippen molar-refractivity contribution in [1.29, 1.82) is 0 Å². The number of nitrogens with zero attached hydrogens (tertiary/aromatic N) is 1. The van der Waals surface area contributed by atoms with E-state index in [2.05, 4.69) is 47.8 Å². The van der Waals surface area contributed by atoms with Gasteiger partial charge in [0.15, 0.2) is 0 Å². The lowest BCUT2D eigenvalue weighted by Crippen LogP contribution is -2.23. The van der Waals surface area contributed by atoms with E-state index in [4.69, 9.17) is 0 Å². The Bertz CT molecular complexity index is 564. The van der Waals surface area contributed by atoms with E-state index in [-0.39, 0.29) is 10.8 Å². The normalized spacial score (nSPS) is 12.3. The Hall–Kier alpha value is 0.0800. The van der Waals surface area contributed by atoms with Gasteiger partial charge in [-0.1, -0.05) is 6.07 Å². The number of hydrogen-bond acceptors (Lipinski definition) is 3. The summed E-state index contributed by atoms with van der Waals surface area (Å²) >= 11 is 8.93. The minimum atomic E-state index is -3.68. The van der Waals surface area contributed by atoms with Crippen molar-refractivity contribution in [3.8, 4) is 0 Å². The van der Waals surface area contributed by atoms with Gasteiger partial charge in [0.2, 0.25) is 11.3 Å². The molecule has 0 aliphatic heterocycles. The lowest BCUT2D eigenvalue weighted by Gasteiger charge is -2.15. The van der Waals surface area contributed by atoms with E-state index in [1.165, 1.54) is 23.1 Å². The zero-order valence-corrected chi connectivity index (χ0v) is 15.1. The van der Waals surface area contributed by atoms with Crippen LogP contribution in [0.4, 0.5) is 0 Å². The topological polar surface area (TPSA) is 54.5 Å². The lowest BCUT2D eigenvalue weighted by molar-refractivity contribution is 0.0827. The molecule has 0 unspecified atom stereocenters. The van der Waals surface area contributed by atoms with E-state index in [0.717, 1.165) is 0 Å². The number of rotatable bonds is 2. The molecule has 0 spiro atoms. The van der Waals surface area contributed by atoms with Gasteiger partial charge in [-0.05, 0) is 66.0 Å². The molecule has 1 amide bonds. The first-order chi connectivity index (χ1) is 8.07. The third-order valence-corrected chi connectivity index (χ3v) is 7.42. The molecule has 8 heteroatoms. The fraction of sp³-hybridized carbons (Fsp3) is 0.300. The van der Waals surface area contributed by atoms with Gasteiger partial charge in [-0.25, -0.2) is 8.42 Å². The van der Waals surface area contributed by atoms with E-state index in [0.29, 0.717) is 5.56 Å². The predicted molar refractivity (Wildman–Crippen MR) is 81.2 cm³/mol. The summed E-state index contributed by atoms with van der Waals surface area (Å²) in [6.07, 6.45) is 0. The van der Waals surface area contributed by atoms with Crippen molar-refractivity contribution in [2.45, 2.75) is 6.37 Å². The number of alkyl halides is 3. The molecular weight excluding hydrogens is 454 g/mol. The van der Waals surface area contributed by atoms with Crippen LogP contribution in [-0.2, 0) is 9.84 Å². The Morgan fingerprint density at radius 3 is 2.22 bits per heavy atom. The van der Waals surface area contributed by atoms with E-state index >= 15 is 0 Å². The largest absolute Gasteiger partial charge is 0.345 e. The molecule has 0 aromatic heterocycles. The van der Waals surface area contributed by atoms with Gasteiger partial charge in [0.1, 0.15) is 0 Å². The van der Waals surface area contributed by atoms with Crippen LogP contribution in [0.5, 0.6) is 0 Å². The van der Waals surface area contributed by atoms with E-state index in [1.54, 1.807) is 20.2 Å². The molecule has 0 heterocycles. The first-order valence-corrected chi connectivity index (χ1v) is 8.56. The van der Waals surface area contributed by atoms with Crippen molar-refractivity contribution < 1.29 is 13.2 Å². The first-order valence-electron chi connectivity index (χ1n) is 4.70. The third-order valence-electron chi connectivity index (χ3n) is 2.10. The number of sulfone groups is 1. The van der Waals surface area contributed by atoms with Crippen LogP contribution in [-0.4, -0.2) is 34.8 Å². The Balaban J connectivity index is 3.31. The third kappa shape index (κ3) is 3.34. The quantitative estimate of drug-likeness (QED) is 0.634. The maximum absolute atomic E-state index is 12.1. The maximum atomic E-state index is 12.1. The van der Waals surface area contributed by atoms with Gasteiger partial charge >= 0.3 is 0 Å². The predicted octanol–water partition coefficient (Wildman–Crippen LogP) is 2.96. The van der Waals surface area contributed by atoms with Gasteiger partial charge in [0, 0.05) is 19.7 Å². The number of carbonyl (C=O) groups is 1. The molecular formula is C10H10Br3NO3S. The van der Waals surface area contributed by atoms with Crippen molar-refractivity contribution in [2.75, 3.05) is 14.1 Å². The fourth-order valence-corrected chi connectivity index (χ4v) is 3.68. The van der Waals surface area contributed by atoms with Crippen LogP contribution in [0.3, 0.4) is 0 Å². The monoisotopic (exact) mass is 461 g/mol. The van der Waals surface area contributed by atoms with Gasteiger partial charge < -0.3 is 4.90 Å². The molecule has 0 aliphatic carbocycles. The summed E-state index contributed by atoms with van der Waals surface area (Å²) in [5, 5.41) is 0. The molecule has 1 rings (SSSR count). The van der Waals surface area contributed by atoms with Crippen LogP contribution in [0, 0.1) is 0 Å². The molecule has 100 valence electrons. The van der Waals surface area contributed by atoms with Crippen molar-refractivity contribution >= 4 is 63.5 Å². The maximum Gasteiger partial charge on any atom is 0.253 e. The van der Waals surface area contributed by atoms with Crippen molar-refractivity contribution in [1.82, 2.24) is 4.90 Å². The number of amides is 1. The highest BCUT2D eigenvalue weighted by Crippen LogP contribution is 2.43.